The van der Waals surface area contributed by atoms with E-state index < -0.39 is 6.43 Å². The molecule has 0 aromatic heterocycles. The van der Waals surface area contributed by atoms with Gasteiger partial charge in [-0.15, -0.1) is 0 Å². The van der Waals surface area contributed by atoms with Crippen LogP contribution >= 0.6 is 11.6 Å². The molecule has 1 N–H and O–H groups in total. The Morgan fingerprint density at radius 2 is 2.07 bits per heavy atom. The molecule has 0 radical (unpaired) electrons. The molecule has 1 aromatic carbocycles. The lowest BCUT2D eigenvalue weighted by Gasteiger charge is -2.28. The van der Waals surface area contributed by atoms with Crippen LogP contribution in [0.4, 0.5) is 8.78 Å². The zero-order valence-electron chi connectivity index (χ0n) is 7.84. The predicted octanol–water partition coefficient (Wildman–Crippen LogP) is 2.63. The maximum atomic E-state index is 12.4. The van der Waals surface area contributed by atoms with Crippen LogP contribution in [0.5, 0.6) is 5.75 Å². The van der Waals surface area contributed by atoms with Gasteiger partial charge in [-0.25, -0.2) is 8.78 Å². The summed E-state index contributed by atoms with van der Waals surface area (Å²) in [6.07, 6.45) is -2.46. The topological polar surface area (TPSA) is 21.3 Å². The molecule has 1 heterocycles. The quantitative estimate of drug-likeness (QED) is 0.867. The minimum atomic E-state index is -2.52. The number of hydrogen-bond acceptors (Lipinski definition) is 2. The van der Waals surface area contributed by atoms with E-state index in [0.717, 1.165) is 13.1 Å². The van der Waals surface area contributed by atoms with Gasteiger partial charge in [0.05, 0.1) is 0 Å². The second-order valence-corrected chi connectivity index (χ2v) is 3.86. The van der Waals surface area contributed by atoms with Crippen molar-refractivity contribution in [2.45, 2.75) is 12.5 Å². The Balaban J connectivity index is 2.15. The fourth-order valence-electron chi connectivity index (χ4n) is 1.32. The van der Waals surface area contributed by atoms with E-state index >= 15 is 0 Å². The van der Waals surface area contributed by atoms with Crippen molar-refractivity contribution in [3.05, 3.63) is 28.8 Å². The highest BCUT2D eigenvalue weighted by Gasteiger charge is 2.19. The van der Waals surface area contributed by atoms with E-state index in [1.807, 2.05) is 0 Å². The van der Waals surface area contributed by atoms with Crippen LogP contribution in [0, 0.1) is 0 Å². The van der Waals surface area contributed by atoms with Crippen molar-refractivity contribution in [3.63, 3.8) is 0 Å². The lowest BCUT2D eigenvalue weighted by Crippen LogP contribution is -2.50. The van der Waals surface area contributed by atoms with Gasteiger partial charge in [-0.1, -0.05) is 11.6 Å². The molecule has 0 aliphatic carbocycles. The van der Waals surface area contributed by atoms with E-state index in [-0.39, 0.29) is 16.7 Å². The largest absolute Gasteiger partial charge is 0.488 e. The number of alkyl halides is 2. The predicted molar refractivity (Wildman–Crippen MR) is 53.7 cm³/mol. The van der Waals surface area contributed by atoms with Crippen LogP contribution in [0.25, 0.3) is 0 Å². The first-order valence-electron chi connectivity index (χ1n) is 4.61. The molecule has 82 valence electrons. The molecule has 0 amide bonds. The first-order chi connectivity index (χ1) is 7.15. The molecule has 1 saturated heterocycles. The highest BCUT2D eigenvalue weighted by molar-refractivity contribution is 6.30. The molecule has 1 aliphatic heterocycles. The Bertz CT molecular complexity index is 355. The van der Waals surface area contributed by atoms with E-state index in [9.17, 15) is 8.78 Å². The van der Waals surface area contributed by atoms with Gasteiger partial charge in [-0.05, 0) is 18.2 Å². The first-order valence-corrected chi connectivity index (χ1v) is 4.99. The Morgan fingerprint density at radius 1 is 1.33 bits per heavy atom. The molecule has 2 rings (SSSR count). The smallest absolute Gasteiger partial charge is 0.264 e. The van der Waals surface area contributed by atoms with Crippen LogP contribution < -0.4 is 10.1 Å². The van der Waals surface area contributed by atoms with Crippen LogP contribution in [0.15, 0.2) is 18.2 Å². The van der Waals surface area contributed by atoms with Gasteiger partial charge in [0.1, 0.15) is 11.9 Å². The first kappa shape index (κ1) is 10.6. The molecule has 0 atom stereocenters. The number of halogens is 3. The second-order valence-electron chi connectivity index (χ2n) is 3.42. The number of ether oxygens (including phenoxy) is 1. The molecule has 0 saturated carbocycles. The Kier molecular flexibility index (Phi) is 3.07. The average molecular weight is 234 g/mol. The lowest BCUT2D eigenvalue weighted by molar-refractivity contribution is 0.137. The van der Waals surface area contributed by atoms with Gasteiger partial charge in [0.15, 0.2) is 0 Å². The van der Waals surface area contributed by atoms with Crippen molar-refractivity contribution in [1.29, 1.82) is 0 Å². The van der Waals surface area contributed by atoms with Gasteiger partial charge < -0.3 is 10.1 Å². The monoisotopic (exact) mass is 233 g/mol. The third kappa shape index (κ3) is 2.58. The fourth-order valence-corrected chi connectivity index (χ4v) is 1.55. The molecule has 1 fully saturated rings. The van der Waals surface area contributed by atoms with E-state index in [1.165, 1.54) is 12.1 Å². The van der Waals surface area contributed by atoms with Crippen LogP contribution in [0.3, 0.4) is 0 Å². The zero-order chi connectivity index (χ0) is 10.8. The second kappa shape index (κ2) is 4.33. The Morgan fingerprint density at radius 3 is 2.60 bits per heavy atom. The maximum absolute atomic E-state index is 12.4. The van der Waals surface area contributed by atoms with Crippen molar-refractivity contribution < 1.29 is 13.5 Å². The van der Waals surface area contributed by atoms with E-state index in [0.29, 0.717) is 5.75 Å². The molecule has 1 aromatic rings. The summed E-state index contributed by atoms with van der Waals surface area (Å²) in [5, 5.41) is 3.30. The minimum Gasteiger partial charge on any atom is -0.488 e. The van der Waals surface area contributed by atoms with Gasteiger partial charge in [0.25, 0.3) is 6.43 Å². The molecule has 1 aliphatic rings. The lowest BCUT2D eigenvalue weighted by atomic mass is 10.2. The van der Waals surface area contributed by atoms with E-state index in [4.69, 9.17) is 16.3 Å². The Labute approximate surface area is 91.2 Å². The zero-order valence-corrected chi connectivity index (χ0v) is 8.60. The van der Waals surface area contributed by atoms with Crippen molar-refractivity contribution in [1.82, 2.24) is 5.32 Å². The van der Waals surface area contributed by atoms with Crippen molar-refractivity contribution in [2.75, 3.05) is 13.1 Å². The summed E-state index contributed by atoms with van der Waals surface area (Å²) in [5.41, 5.74) is -0.107. The van der Waals surface area contributed by atoms with Crippen LogP contribution in [-0.4, -0.2) is 19.2 Å². The average Bonchev–Trinajstić information content (AvgIpc) is 2.10. The number of rotatable bonds is 3. The molecule has 0 spiro atoms. The molecule has 0 bridgehead atoms. The molecule has 2 nitrogen and oxygen atoms in total. The molecular formula is C10H10ClF2NO. The molecule has 15 heavy (non-hydrogen) atoms. The van der Waals surface area contributed by atoms with Crippen LogP contribution in [0.2, 0.25) is 5.02 Å². The Hall–Kier alpha value is -0.870. The highest BCUT2D eigenvalue weighted by Crippen LogP contribution is 2.28. The van der Waals surface area contributed by atoms with E-state index in [1.54, 1.807) is 6.07 Å². The highest BCUT2D eigenvalue weighted by atomic mass is 35.5. The standard InChI is InChI=1S/C10H10ClF2NO/c11-7-1-6(10(12)13)2-8(3-7)15-9-4-14-5-9/h1-3,9-10,14H,4-5H2. The van der Waals surface area contributed by atoms with Gasteiger partial charge in [0.2, 0.25) is 0 Å². The maximum Gasteiger partial charge on any atom is 0.264 e. The number of nitrogens with one attached hydrogen (secondary N) is 1. The summed E-state index contributed by atoms with van der Waals surface area (Å²) in [6, 6.07) is 4.12. The summed E-state index contributed by atoms with van der Waals surface area (Å²) < 4.78 is 30.3. The fraction of sp³-hybridized carbons (Fsp3) is 0.400. The minimum absolute atomic E-state index is 0.0639. The normalized spacial score (nSPS) is 16.5. The van der Waals surface area contributed by atoms with Gasteiger partial charge in [-0.3, -0.25) is 0 Å². The van der Waals surface area contributed by atoms with Crippen molar-refractivity contribution in [3.8, 4) is 5.75 Å². The number of hydrogen-bond donors (Lipinski definition) is 1. The summed E-state index contributed by atoms with van der Waals surface area (Å²) in [7, 11) is 0. The molecule has 5 heteroatoms. The molecule has 0 unspecified atom stereocenters. The van der Waals surface area contributed by atoms with Crippen LogP contribution in [-0.2, 0) is 0 Å². The third-order valence-corrected chi connectivity index (χ3v) is 2.41. The summed E-state index contributed by atoms with van der Waals surface area (Å²) in [5.74, 6) is 0.407. The summed E-state index contributed by atoms with van der Waals surface area (Å²) in [6.45, 7) is 1.49. The SMILES string of the molecule is FC(F)c1cc(Cl)cc(OC2CNC2)c1. The van der Waals surface area contributed by atoms with Gasteiger partial charge in [0, 0.05) is 23.7 Å². The van der Waals surface area contributed by atoms with Crippen LogP contribution in [0.1, 0.15) is 12.0 Å². The van der Waals surface area contributed by atoms with Gasteiger partial charge in [-0.2, -0.15) is 0 Å². The third-order valence-electron chi connectivity index (χ3n) is 2.19. The summed E-state index contributed by atoms with van der Waals surface area (Å²) >= 11 is 5.71. The molecular weight excluding hydrogens is 224 g/mol. The number of benzene rings is 1. The van der Waals surface area contributed by atoms with Gasteiger partial charge >= 0.3 is 0 Å². The van der Waals surface area contributed by atoms with E-state index in [2.05, 4.69) is 5.32 Å². The van der Waals surface area contributed by atoms with Crippen molar-refractivity contribution in [2.24, 2.45) is 0 Å². The summed E-state index contributed by atoms with van der Waals surface area (Å²) in [4.78, 5) is 0. The van der Waals surface area contributed by atoms with Crippen molar-refractivity contribution >= 4 is 11.6 Å².